The van der Waals surface area contributed by atoms with Crippen LogP contribution in [-0.4, -0.2) is 37.2 Å². The molecule has 0 aliphatic carbocycles. The van der Waals surface area contributed by atoms with E-state index in [0.29, 0.717) is 19.3 Å². The van der Waals surface area contributed by atoms with E-state index in [2.05, 4.69) is 57.2 Å². The molecule has 6 nitrogen and oxygen atoms in total. The summed E-state index contributed by atoms with van der Waals surface area (Å²) >= 11 is 0. The Labute approximate surface area is 493 Å². The van der Waals surface area contributed by atoms with Crippen LogP contribution in [0.25, 0.3) is 0 Å². The van der Waals surface area contributed by atoms with Gasteiger partial charge in [0.05, 0.1) is 0 Å². The molecule has 0 aromatic carbocycles. The van der Waals surface area contributed by atoms with Gasteiger partial charge < -0.3 is 14.2 Å². The molecular weight excluding hydrogens is 973 g/mol. The molecule has 79 heavy (non-hydrogen) atoms. The van der Waals surface area contributed by atoms with Crippen molar-refractivity contribution in [3.05, 3.63) is 36.5 Å². The lowest BCUT2D eigenvalue weighted by Crippen LogP contribution is -2.30. The van der Waals surface area contributed by atoms with Gasteiger partial charge >= 0.3 is 17.9 Å². The van der Waals surface area contributed by atoms with Gasteiger partial charge in [0.15, 0.2) is 6.10 Å². The maximum absolute atomic E-state index is 12.9. The maximum Gasteiger partial charge on any atom is 0.306 e. The predicted octanol–water partition coefficient (Wildman–Crippen LogP) is 24.3. The van der Waals surface area contributed by atoms with Gasteiger partial charge in [-0.1, -0.05) is 333 Å². The fourth-order valence-corrected chi connectivity index (χ4v) is 10.8. The van der Waals surface area contributed by atoms with Crippen LogP contribution in [0.3, 0.4) is 0 Å². The molecule has 0 rings (SSSR count). The Morgan fingerprint density at radius 1 is 0.253 bits per heavy atom. The van der Waals surface area contributed by atoms with Gasteiger partial charge in [-0.05, 0) is 77.0 Å². The Kier molecular flexibility index (Phi) is 66.1. The number of carbonyl (C=O) groups excluding carboxylic acids is 3. The highest BCUT2D eigenvalue weighted by atomic mass is 16.6. The summed E-state index contributed by atoms with van der Waals surface area (Å²) in [6.07, 6.45) is 84.5. The van der Waals surface area contributed by atoms with Crippen molar-refractivity contribution < 1.29 is 28.6 Å². The molecule has 0 radical (unpaired) electrons. The zero-order valence-corrected chi connectivity index (χ0v) is 53.4. The lowest BCUT2D eigenvalue weighted by atomic mass is 10.0. The highest BCUT2D eigenvalue weighted by molar-refractivity contribution is 5.71. The Bertz CT molecular complexity index is 1320. The standard InChI is InChI=1S/C73H136O6/c1-4-7-10-13-16-19-22-25-28-31-33-34-35-36-37-38-39-40-41-43-45-48-51-54-57-60-63-66-72(75)78-69-70(68-77-71(74)65-62-59-56-53-50-47-44-30-27-24-21-18-15-12-9-6-3)79-73(76)67-64-61-58-55-52-49-46-42-32-29-26-23-20-17-14-11-8-5-2/h22,25,30-31,33,44,70H,4-21,23-24,26-29,32,34-43,45-69H2,1-3H3/b25-22-,33-31-,44-30-. The molecule has 0 bridgehead atoms. The van der Waals surface area contributed by atoms with Gasteiger partial charge in [-0.15, -0.1) is 0 Å². The first-order valence-electron chi connectivity index (χ1n) is 35.5. The molecule has 0 amide bonds. The van der Waals surface area contributed by atoms with E-state index in [1.165, 1.54) is 283 Å². The monoisotopic (exact) mass is 1110 g/mol. The molecule has 0 saturated heterocycles. The highest BCUT2D eigenvalue weighted by Gasteiger charge is 2.19. The molecule has 0 heterocycles. The van der Waals surface area contributed by atoms with Crippen molar-refractivity contribution in [2.75, 3.05) is 13.2 Å². The van der Waals surface area contributed by atoms with Crippen molar-refractivity contribution in [3.8, 4) is 0 Å². The fourth-order valence-electron chi connectivity index (χ4n) is 10.8. The van der Waals surface area contributed by atoms with Crippen molar-refractivity contribution in [2.24, 2.45) is 0 Å². The maximum atomic E-state index is 12.9. The number of hydrogen-bond donors (Lipinski definition) is 0. The van der Waals surface area contributed by atoms with Crippen LogP contribution < -0.4 is 0 Å². The number of hydrogen-bond acceptors (Lipinski definition) is 6. The third-order valence-corrected chi connectivity index (χ3v) is 16.1. The summed E-state index contributed by atoms with van der Waals surface area (Å²) in [5.41, 5.74) is 0. The van der Waals surface area contributed by atoms with E-state index in [1.807, 2.05) is 0 Å². The molecule has 0 fully saturated rings. The second-order valence-corrected chi connectivity index (χ2v) is 24.1. The van der Waals surface area contributed by atoms with Crippen molar-refractivity contribution in [1.29, 1.82) is 0 Å². The smallest absolute Gasteiger partial charge is 0.306 e. The van der Waals surface area contributed by atoms with Gasteiger partial charge in [-0.3, -0.25) is 14.4 Å². The van der Waals surface area contributed by atoms with E-state index >= 15 is 0 Å². The molecule has 0 aliphatic rings. The van der Waals surface area contributed by atoms with Gasteiger partial charge in [-0.25, -0.2) is 0 Å². The predicted molar refractivity (Wildman–Crippen MR) is 344 cm³/mol. The van der Waals surface area contributed by atoms with Gasteiger partial charge in [-0.2, -0.15) is 0 Å². The first kappa shape index (κ1) is 76.6. The molecule has 0 N–H and O–H groups in total. The van der Waals surface area contributed by atoms with Crippen LogP contribution in [-0.2, 0) is 28.6 Å². The summed E-state index contributed by atoms with van der Waals surface area (Å²) in [7, 11) is 0. The first-order chi connectivity index (χ1) is 39.0. The van der Waals surface area contributed by atoms with Crippen LogP contribution in [0.2, 0.25) is 0 Å². The number of rotatable bonds is 66. The quantitative estimate of drug-likeness (QED) is 0.0261. The second-order valence-electron chi connectivity index (χ2n) is 24.1. The summed E-state index contributed by atoms with van der Waals surface area (Å²) < 4.78 is 17.0. The number of esters is 3. The van der Waals surface area contributed by atoms with Gasteiger partial charge in [0, 0.05) is 19.3 Å². The van der Waals surface area contributed by atoms with Crippen LogP contribution in [0.5, 0.6) is 0 Å². The van der Waals surface area contributed by atoms with Crippen LogP contribution in [0, 0.1) is 0 Å². The molecule has 0 aliphatic heterocycles. The van der Waals surface area contributed by atoms with Crippen LogP contribution in [0.1, 0.15) is 393 Å². The van der Waals surface area contributed by atoms with Crippen molar-refractivity contribution in [1.82, 2.24) is 0 Å². The molecule has 6 heteroatoms. The van der Waals surface area contributed by atoms with E-state index in [-0.39, 0.29) is 31.1 Å². The van der Waals surface area contributed by atoms with E-state index in [9.17, 15) is 14.4 Å². The Morgan fingerprint density at radius 3 is 0.709 bits per heavy atom. The Hall–Kier alpha value is -2.37. The summed E-state index contributed by atoms with van der Waals surface area (Å²) in [5.74, 6) is -0.848. The average Bonchev–Trinajstić information content (AvgIpc) is 3.45. The van der Waals surface area contributed by atoms with Crippen LogP contribution in [0.4, 0.5) is 0 Å². The number of allylic oxidation sites excluding steroid dienone is 6. The van der Waals surface area contributed by atoms with Crippen LogP contribution >= 0.6 is 0 Å². The SMILES string of the molecule is CCCCCCC/C=C\C/C=C\CCCCCCCCCCCCCCCCCC(=O)OCC(COC(=O)CCCCCCC/C=C\CCCCCCCCC)OC(=O)CCCCCCCCCCCCCCCCCCCC. The molecule has 0 aromatic rings. The summed E-state index contributed by atoms with van der Waals surface area (Å²) in [6, 6.07) is 0. The molecule has 1 unspecified atom stereocenters. The Morgan fingerprint density at radius 2 is 0.456 bits per heavy atom. The average molecular weight is 1110 g/mol. The zero-order valence-electron chi connectivity index (χ0n) is 53.4. The third kappa shape index (κ3) is 66.3. The molecule has 0 spiro atoms. The highest BCUT2D eigenvalue weighted by Crippen LogP contribution is 2.18. The number of ether oxygens (including phenoxy) is 3. The normalized spacial score (nSPS) is 12.2. The minimum atomic E-state index is -0.773. The second kappa shape index (κ2) is 68.1. The summed E-state index contributed by atoms with van der Waals surface area (Å²) in [4.78, 5) is 38.4. The zero-order chi connectivity index (χ0) is 57.1. The van der Waals surface area contributed by atoms with Crippen molar-refractivity contribution in [2.45, 2.75) is 399 Å². The van der Waals surface area contributed by atoms with E-state index in [0.717, 1.165) is 70.6 Å². The molecule has 0 saturated carbocycles. The minimum absolute atomic E-state index is 0.0693. The number of carbonyl (C=O) groups is 3. The molecule has 1 atom stereocenters. The Balaban J connectivity index is 4.25. The fraction of sp³-hybridized carbons (Fsp3) is 0.877. The number of unbranched alkanes of at least 4 members (excludes halogenated alkanes) is 49. The van der Waals surface area contributed by atoms with Gasteiger partial charge in [0.1, 0.15) is 13.2 Å². The van der Waals surface area contributed by atoms with Gasteiger partial charge in [0.25, 0.3) is 0 Å². The topological polar surface area (TPSA) is 78.9 Å². The van der Waals surface area contributed by atoms with E-state index in [1.54, 1.807) is 0 Å². The minimum Gasteiger partial charge on any atom is -0.462 e. The van der Waals surface area contributed by atoms with Crippen LogP contribution in [0.15, 0.2) is 36.5 Å². The molecule has 464 valence electrons. The van der Waals surface area contributed by atoms with Gasteiger partial charge in [0.2, 0.25) is 0 Å². The summed E-state index contributed by atoms with van der Waals surface area (Å²) in [5, 5.41) is 0. The summed E-state index contributed by atoms with van der Waals surface area (Å²) in [6.45, 7) is 6.70. The van der Waals surface area contributed by atoms with Crippen molar-refractivity contribution >= 4 is 17.9 Å². The first-order valence-corrected chi connectivity index (χ1v) is 35.5. The lowest BCUT2D eigenvalue weighted by Gasteiger charge is -2.18. The van der Waals surface area contributed by atoms with Crippen molar-refractivity contribution in [3.63, 3.8) is 0 Å². The third-order valence-electron chi connectivity index (χ3n) is 16.1. The largest absolute Gasteiger partial charge is 0.462 e. The van der Waals surface area contributed by atoms with E-state index in [4.69, 9.17) is 14.2 Å². The lowest BCUT2D eigenvalue weighted by molar-refractivity contribution is -0.167. The molecular formula is C73H136O6. The molecule has 0 aromatic heterocycles. The van der Waals surface area contributed by atoms with E-state index < -0.39 is 6.10 Å².